The molecule has 538 valence electrons. The van der Waals surface area contributed by atoms with Gasteiger partial charge in [0, 0.05) is 115 Å². The van der Waals surface area contributed by atoms with Gasteiger partial charge in [-0.3, -0.25) is 67.8 Å². The monoisotopic (exact) mass is 1520 g/mol. The average Bonchev–Trinajstić information content (AvgIpc) is 1.36. The molecule has 4 heterocycles. The van der Waals surface area contributed by atoms with Gasteiger partial charge in [-0.05, 0) is 74.2 Å². The first-order chi connectivity index (χ1) is 48.5. The highest BCUT2D eigenvalue weighted by atomic mass is 32.2. The first-order valence-electron chi connectivity index (χ1n) is 34.1. The van der Waals surface area contributed by atoms with Gasteiger partial charge in [-0.25, -0.2) is 0 Å². The van der Waals surface area contributed by atoms with Crippen LogP contribution in [0.15, 0.2) is 72.8 Å². The summed E-state index contributed by atoms with van der Waals surface area (Å²) < 4.78 is 26.8. The molecule has 0 bridgehead atoms. The third-order valence-corrected chi connectivity index (χ3v) is 22.3. The Morgan fingerprint density at radius 1 is 0.350 bits per heavy atom. The molecule has 0 spiro atoms. The predicted molar refractivity (Wildman–Crippen MR) is 414 cm³/mol. The number of amides is 8. The minimum Gasteiger partial charge on any atom is -0.492 e. The van der Waals surface area contributed by atoms with Crippen LogP contribution in [0, 0.1) is 0 Å². The highest BCUT2D eigenvalue weighted by Gasteiger charge is 2.34. The molecule has 4 fully saturated rings. The Morgan fingerprint density at radius 3 is 0.750 bits per heavy atom. The molecule has 30 heteroatoms. The quantitative estimate of drug-likeness (QED) is 0.0240. The van der Waals surface area contributed by atoms with Crippen LogP contribution >= 0.6 is 95.9 Å². The van der Waals surface area contributed by atoms with Crippen molar-refractivity contribution < 1.29 is 57.3 Å². The summed E-state index contributed by atoms with van der Waals surface area (Å²) in [5.74, 6) is -0.00450. The van der Waals surface area contributed by atoms with Gasteiger partial charge in [0.15, 0.2) is 0 Å². The van der Waals surface area contributed by atoms with E-state index in [1.54, 1.807) is 72.8 Å². The molecule has 100 heavy (non-hydrogen) atoms. The number of ether oxygens (including phenoxy) is 4. The van der Waals surface area contributed by atoms with Crippen LogP contribution in [0.2, 0.25) is 0 Å². The number of benzene rings is 4. The summed E-state index contributed by atoms with van der Waals surface area (Å²) in [7, 11) is 0. The van der Waals surface area contributed by atoms with Gasteiger partial charge >= 0.3 is 0 Å². The Balaban J connectivity index is 1.06. The molecule has 4 aliphatic rings. The third kappa shape index (κ3) is 21.6. The maximum absolute atomic E-state index is 14.4. The summed E-state index contributed by atoms with van der Waals surface area (Å²) in [6.07, 6.45) is 6.01. The number of hydrogen-bond donors (Lipinski definition) is 4. The Morgan fingerprint density at radius 2 is 0.560 bits per heavy atom. The minimum absolute atomic E-state index is 0.105. The molecule has 0 radical (unpaired) electrons. The smallest absolute Gasteiger partial charge is 0.263 e. The zero-order valence-corrected chi connectivity index (χ0v) is 63.5. The fourth-order valence-corrected chi connectivity index (χ4v) is 15.8. The Labute approximate surface area is 624 Å². The molecule has 8 rings (SSSR count). The molecule has 4 aromatic rings. The van der Waals surface area contributed by atoms with E-state index in [4.69, 9.17) is 67.8 Å². The van der Waals surface area contributed by atoms with Gasteiger partial charge in [0.25, 0.3) is 47.3 Å². The largest absolute Gasteiger partial charge is 0.492 e. The fraction of sp³-hybridized carbons (Fsp3) is 0.486. The highest BCUT2D eigenvalue weighted by Crippen LogP contribution is 2.34. The third-order valence-electron chi connectivity index (χ3n) is 16.5. The van der Waals surface area contributed by atoms with Crippen LogP contribution in [0.1, 0.15) is 162 Å². The molecule has 4 aliphatic heterocycles. The molecule has 0 aromatic heterocycles. The van der Waals surface area contributed by atoms with E-state index >= 15 is 0 Å². The van der Waals surface area contributed by atoms with Gasteiger partial charge in [-0.2, -0.15) is 0 Å². The number of unbranched alkanes of at least 4 members (excludes halogenated alkanes) is 4. The van der Waals surface area contributed by atoms with Gasteiger partial charge < -0.3 is 40.2 Å². The topological polar surface area (TPSA) is 241 Å². The van der Waals surface area contributed by atoms with Crippen molar-refractivity contribution in [1.29, 1.82) is 0 Å². The first kappa shape index (κ1) is 79.2. The zero-order chi connectivity index (χ0) is 71.5. The van der Waals surface area contributed by atoms with Crippen molar-refractivity contribution in [2.24, 2.45) is 0 Å². The van der Waals surface area contributed by atoms with E-state index in [-0.39, 0.29) is 170 Å². The lowest BCUT2D eigenvalue weighted by atomic mass is 10.1. The van der Waals surface area contributed by atoms with Crippen molar-refractivity contribution in [3.05, 3.63) is 117 Å². The Kier molecular flexibility index (Phi) is 32.5. The molecule has 0 atom stereocenters. The van der Waals surface area contributed by atoms with Crippen molar-refractivity contribution in [2.75, 3.05) is 141 Å². The van der Waals surface area contributed by atoms with E-state index in [0.717, 1.165) is 25.7 Å². The lowest BCUT2D eigenvalue weighted by Gasteiger charge is -2.28. The van der Waals surface area contributed by atoms with Crippen LogP contribution in [0.4, 0.5) is 0 Å². The number of rotatable bonds is 39. The van der Waals surface area contributed by atoms with E-state index in [1.165, 1.54) is 66.6 Å². The SMILES string of the molecule is CCCCOc1c(C(=O)NCCN(CCNC(=O)c2cccc(C(=O)N3CCSC3=S)c2OCCCC)CCN(CCNC(=O)c2cccc(C(=O)N3CCSC3=S)c2OCCCC)CCNC(=O)c2cccc(C(=O)N3CCSC3=S)c2OCCCC)cccc1C(=O)N1CCSC1=S. The predicted octanol–water partition coefficient (Wildman–Crippen LogP) is 9.92. The molecule has 4 aromatic carbocycles. The molecule has 22 nitrogen and oxygen atoms in total. The maximum Gasteiger partial charge on any atom is 0.263 e. The second-order valence-corrected chi connectivity index (χ2v) is 30.4. The van der Waals surface area contributed by atoms with Crippen molar-refractivity contribution in [2.45, 2.75) is 79.1 Å². The molecule has 0 saturated carbocycles. The standard InChI is InChI=1S/C70H88N10O12S8/c1-5-9-39-89-55-47(17-13-21-51(55)63(85)77-35-43-97-67(77)93)59(81)71-25-29-75(30-26-72-60(82)48-18-14-22-52(56(48)90-40-10-6-2)64(86)78-36-44-98-68(78)94)33-34-76(31-27-73-61(83)49-19-15-23-53(57(49)91-41-11-7-3)65(87)79-37-45-99-69(79)95)32-28-74-62(84)50-20-16-24-54(58(50)92-42-12-8-4)66(88)80-38-46-100-70(80)96/h13-24H,5-12,25-46H2,1-4H3,(H,71,81)(H,72,82)(H,73,83)(H,74,84). The van der Waals surface area contributed by atoms with Gasteiger partial charge in [0.2, 0.25) is 0 Å². The van der Waals surface area contributed by atoms with Crippen LogP contribution < -0.4 is 40.2 Å². The summed E-state index contributed by atoms with van der Waals surface area (Å²) in [6.45, 7) is 13.0. The number of carbonyl (C=O) groups is 8. The van der Waals surface area contributed by atoms with Crippen LogP contribution in [0.25, 0.3) is 0 Å². The number of thiocarbonyl (C=S) groups is 4. The molecular weight excluding hydrogens is 1430 g/mol. The molecular formula is C70H88N10O12S8. The Bertz CT molecular complexity index is 3190. The van der Waals surface area contributed by atoms with Crippen LogP contribution in [0.5, 0.6) is 23.0 Å². The maximum atomic E-state index is 14.4. The molecule has 0 aliphatic carbocycles. The number of thioether (sulfide) groups is 4. The van der Waals surface area contributed by atoms with Crippen molar-refractivity contribution in [3.8, 4) is 23.0 Å². The van der Waals surface area contributed by atoms with E-state index in [9.17, 15) is 38.4 Å². The first-order valence-corrected chi connectivity index (χ1v) is 39.6. The van der Waals surface area contributed by atoms with Gasteiger partial charge in [-0.15, -0.1) is 0 Å². The fourth-order valence-electron chi connectivity index (χ4n) is 11.0. The van der Waals surface area contributed by atoms with Crippen LogP contribution in [0.3, 0.4) is 0 Å². The van der Waals surface area contributed by atoms with Crippen LogP contribution in [-0.2, 0) is 0 Å². The average molecular weight is 1520 g/mol. The summed E-state index contributed by atoms with van der Waals surface area (Å²) >= 11 is 27.7. The van der Waals surface area contributed by atoms with Crippen molar-refractivity contribution >= 4 is 160 Å². The number of hydrogen-bond acceptors (Lipinski definition) is 22. The lowest BCUT2D eigenvalue weighted by Crippen LogP contribution is -2.46. The van der Waals surface area contributed by atoms with E-state index in [2.05, 4.69) is 31.1 Å². The number of carbonyl (C=O) groups excluding carboxylic acids is 8. The summed E-state index contributed by atoms with van der Waals surface area (Å²) in [6, 6.07) is 19.6. The molecule has 0 unspecified atom stereocenters. The summed E-state index contributed by atoms with van der Waals surface area (Å²) in [5, 5.41) is 12.2. The second kappa shape index (κ2) is 41.0. The van der Waals surface area contributed by atoms with E-state index in [1.807, 2.05) is 27.7 Å². The van der Waals surface area contributed by atoms with Crippen molar-refractivity contribution in [3.63, 3.8) is 0 Å². The number of nitrogens with one attached hydrogen (secondary N) is 4. The number of para-hydroxylation sites is 4. The van der Waals surface area contributed by atoms with Gasteiger partial charge in [0.1, 0.15) is 40.3 Å². The van der Waals surface area contributed by atoms with Gasteiger partial charge in [-0.1, -0.05) is 174 Å². The summed E-state index contributed by atoms with van der Waals surface area (Å²) in [4.78, 5) is 124. The summed E-state index contributed by atoms with van der Waals surface area (Å²) in [5.41, 5.74) is 1.61. The molecule has 4 N–H and O–H groups in total. The van der Waals surface area contributed by atoms with Crippen LogP contribution in [-0.4, -0.2) is 235 Å². The van der Waals surface area contributed by atoms with E-state index in [0.29, 0.717) is 105 Å². The minimum atomic E-state index is -0.473. The number of nitrogens with zero attached hydrogens (tertiary/aromatic N) is 6. The lowest BCUT2D eigenvalue weighted by molar-refractivity contribution is 0.0846. The molecule has 4 saturated heterocycles. The zero-order valence-electron chi connectivity index (χ0n) is 57.0. The van der Waals surface area contributed by atoms with Gasteiger partial charge in [0.05, 0.1) is 70.9 Å². The molecule has 8 amide bonds. The van der Waals surface area contributed by atoms with Crippen molar-refractivity contribution in [1.82, 2.24) is 50.7 Å². The second-order valence-electron chi connectivity index (χ2n) is 23.5. The Hall–Kier alpha value is -6.48. The van der Waals surface area contributed by atoms with E-state index < -0.39 is 23.6 Å². The normalized spacial score (nSPS) is 14.5. The highest BCUT2D eigenvalue weighted by molar-refractivity contribution is 8.24.